The normalized spacial score (nSPS) is 21.2. The van der Waals surface area contributed by atoms with Gasteiger partial charge in [-0.05, 0) is 72.5 Å². The lowest BCUT2D eigenvalue weighted by atomic mass is 9.95. The third-order valence-corrected chi connectivity index (χ3v) is 5.66. The van der Waals surface area contributed by atoms with Crippen LogP contribution in [0.3, 0.4) is 0 Å². The molecule has 1 aromatic rings. The van der Waals surface area contributed by atoms with E-state index in [2.05, 4.69) is 57.5 Å². The highest BCUT2D eigenvalue weighted by Crippen LogP contribution is 2.22. The molecule has 0 aromatic heterocycles. The molecule has 23 heavy (non-hydrogen) atoms. The number of nitrogens with zero attached hydrogens (tertiary/aromatic N) is 1. The van der Waals surface area contributed by atoms with Gasteiger partial charge in [0.25, 0.3) is 0 Å². The second-order valence-corrected chi connectivity index (χ2v) is 8.13. The third-order valence-electron chi connectivity index (χ3n) is 4.94. The van der Waals surface area contributed by atoms with Crippen LogP contribution in [-0.2, 0) is 0 Å². The van der Waals surface area contributed by atoms with Crippen molar-refractivity contribution in [2.75, 3.05) is 5.32 Å². The molecule has 2 aliphatic carbocycles. The second kappa shape index (κ2) is 8.90. The topological polar surface area (TPSA) is 36.4 Å². The third kappa shape index (κ3) is 5.66. The van der Waals surface area contributed by atoms with Crippen molar-refractivity contribution in [3.63, 3.8) is 0 Å². The van der Waals surface area contributed by atoms with Crippen LogP contribution in [0.4, 0.5) is 5.69 Å². The first-order chi connectivity index (χ1) is 11.3. The summed E-state index contributed by atoms with van der Waals surface area (Å²) in [7, 11) is 0. The van der Waals surface area contributed by atoms with Gasteiger partial charge in [0.1, 0.15) is 0 Å². The maximum atomic E-state index is 5.04. The molecule has 4 heteroatoms. The Morgan fingerprint density at radius 1 is 0.870 bits per heavy atom. The van der Waals surface area contributed by atoms with Gasteiger partial charge in [0.2, 0.25) is 0 Å². The minimum Gasteiger partial charge on any atom is -0.353 e. The van der Waals surface area contributed by atoms with Gasteiger partial charge in [-0.25, -0.2) is 4.99 Å². The summed E-state index contributed by atoms with van der Waals surface area (Å²) in [6.45, 7) is 0. The Kier molecular flexibility index (Phi) is 6.60. The number of hydrogen-bond acceptors (Lipinski definition) is 1. The Balaban J connectivity index is 1.68. The average molecular weight is 425 g/mol. The molecule has 0 aliphatic heterocycles. The summed E-state index contributed by atoms with van der Waals surface area (Å²) >= 11 is 2.35. The summed E-state index contributed by atoms with van der Waals surface area (Å²) in [5, 5.41) is 7.24. The van der Waals surface area contributed by atoms with E-state index in [-0.39, 0.29) is 0 Å². The lowest BCUT2D eigenvalue weighted by Gasteiger charge is -2.27. The van der Waals surface area contributed by atoms with Gasteiger partial charge in [-0.1, -0.05) is 38.5 Å². The SMILES string of the molecule is Ic1ccc(NC(=NC2CCCCC2)NC2CCCCC2)cc1. The smallest absolute Gasteiger partial charge is 0.196 e. The van der Waals surface area contributed by atoms with Crippen LogP contribution < -0.4 is 10.6 Å². The van der Waals surface area contributed by atoms with Crippen LogP contribution in [-0.4, -0.2) is 18.0 Å². The van der Waals surface area contributed by atoms with E-state index in [0.717, 1.165) is 11.6 Å². The fourth-order valence-electron chi connectivity index (χ4n) is 3.61. The maximum absolute atomic E-state index is 5.04. The molecular formula is C19H28IN3. The van der Waals surface area contributed by atoms with Crippen molar-refractivity contribution in [1.29, 1.82) is 0 Å². The van der Waals surface area contributed by atoms with Crippen molar-refractivity contribution in [2.24, 2.45) is 4.99 Å². The molecule has 0 radical (unpaired) electrons. The Bertz CT molecular complexity index is 500. The van der Waals surface area contributed by atoms with Gasteiger partial charge >= 0.3 is 0 Å². The van der Waals surface area contributed by atoms with E-state index in [1.807, 2.05) is 0 Å². The molecule has 1 aromatic carbocycles. The van der Waals surface area contributed by atoms with Crippen LogP contribution in [0.15, 0.2) is 29.3 Å². The molecule has 0 amide bonds. The highest BCUT2D eigenvalue weighted by molar-refractivity contribution is 14.1. The fourth-order valence-corrected chi connectivity index (χ4v) is 3.97. The van der Waals surface area contributed by atoms with Crippen LogP contribution in [0.2, 0.25) is 0 Å². The molecule has 0 unspecified atom stereocenters. The monoisotopic (exact) mass is 425 g/mol. The van der Waals surface area contributed by atoms with Crippen molar-refractivity contribution in [2.45, 2.75) is 76.3 Å². The average Bonchev–Trinajstić information content (AvgIpc) is 2.59. The van der Waals surface area contributed by atoms with Crippen molar-refractivity contribution >= 4 is 34.2 Å². The molecule has 2 aliphatic rings. The molecule has 3 rings (SSSR count). The first-order valence-electron chi connectivity index (χ1n) is 9.16. The van der Waals surface area contributed by atoms with E-state index in [1.165, 1.54) is 67.8 Å². The number of aliphatic imine (C=N–C) groups is 1. The number of benzene rings is 1. The number of nitrogens with one attached hydrogen (secondary N) is 2. The van der Waals surface area contributed by atoms with Crippen LogP contribution in [0.1, 0.15) is 64.2 Å². The molecule has 3 nitrogen and oxygen atoms in total. The van der Waals surface area contributed by atoms with E-state index in [0.29, 0.717) is 12.1 Å². The number of anilines is 1. The molecule has 0 saturated heterocycles. The van der Waals surface area contributed by atoms with Crippen LogP contribution in [0.25, 0.3) is 0 Å². The van der Waals surface area contributed by atoms with Gasteiger partial charge < -0.3 is 10.6 Å². The minimum absolute atomic E-state index is 0.492. The largest absolute Gasteiger partial charge is 0.353 e. The predicted molar refractivity (Wildman–Crippen MR) is 107 cm³/mol. The zero-order valence-corrected chi connectivity index (χ0v) is 16.0. The molecule has 2 saturated carbocycles. The van der Waals surface area contributed by atoms with Gasteiger partial charge in [-0.2, -0.15) is 0 Å². The van der Waals surface area contributed by atoms with E-state index >= 15 is 0 Å². The number of halogens is 1. The summed E-state index contributed by atoms with van der Waals surface area (Å²) < 4.78 is 1.26. The number of hydrogen-bond donors (Lipinski definition) is 2. The summed E-state index contributed by atoms with van der Waals surface area (Å²) in [5.41, 5.74) is 1.13. The van der Waals surface area contributed by atoms with E-state index in [4.69, 9.17) is 4.99 Å². The van der Waals surface area contributed by atoms with Crippen LogP contribution in [0, 0.1) is 3.57 Å². The van der Waals surface area contributed by atoms with Crippen LogP contribution in [0.5, 0.6) is 0 Å². The lowest BCUT2D eigenvalue weighted by Crippen LogP contribution is -2.41. The second-order valence-electron chi connectivity index (χ2n) is 6.88. The molecule has 126 valence electrons. The summed E-state index contributed by atoms with van der Waals surface area (Å²) in [5.74, 6) is 0.991. The van der Waals surface area contributed by atoms with Crippen molar-refractivity contribution in [3.8, 4) is 0 Å². The molecule has 2 N–H and O–H groups in total. The standard InChI is InChI=1S/C19H28IN3/c20-15-11-13-18(14-12-15)23-19(21-16-7-3-1-4-8-16)22-17-9-5-2-6-10-17/h11-14,16-17H,1-10H2,(H2,21,22,23). The van der Waals surface area contributed by atoms with Gasteiger partial charge in [-0.15, -0.1) is 0 Å². The van der Waals surface area contributed by atoms with Crippen molar-refractivity contribution < 1.29 is 0 Å². The Morgan fingerprint density at radius 3 is 2.13 bits per heavy atom. The Morgan fingerprint density at radius 2 is 1.48 bits per heavy atom. The molecule has 2 fully saturated rings. The quantitative estimate of drug-likeness (QED) is 0.391. The first-order valence-corrected chi connectivity index (χ1v) is 10.2. The van der Waals surface area contributed by atoms with E-state index < -0.39 is 0 Å². The Labute approximate surface area is 153 Å². The van der Waals surface area contributed by atoms with Gasteiger partial charge in [0.15, 0.2) is 5.96 Å². The van der Waals surface area contributed by atoms with Gasteiger partial charge in [-0.3, -0.25) is 0 Å². The summed E-state index contributed by atoms with van der Waals surface area (Å²) in [6.07, 6.45) is 13.1. The molecule has 0 atom stereocenters. The molecule has 0 bridgehead atoms. The predicted octanol–water partition coefficient (Wildman–Crippen LogP) is 5.31. The van der Waals surface area contributed by atoms with Crippen LogP contribution >= 0.6 is 22.6 Å². The molecule has 0 heterocycles. The molecular weight excluding hydrogens is 397 g/mol. The van der Waals surface area contributed by atoms with E-state index in [9.17, 15) is 0 Å². The van der Waals surface area contributed by atoms with Crippen molar-refractivity contribution in [3.05, 3.63) is 27.8 Å². The first kappa shape index (κ1) is 17.1. The fraction of sp³-hybridized carbons (Fsp3) is 0.632. The molecule has 0 spiro atoms. The highest BCUT2D eigenvalue weighted by atomic mass is 127. The van der Waals surface area contributed by atoms with Crippen molar-refractivity contribution in [1.82, 2.24) is 5.32 Å². The summed E-state index contributed by atoms with van der Waals surface area (Å²) in [6, 6.07) is 9.64. The van der Waals surface area contributed by atoms with E-state index in [1.54, 1.807) is 0 Å². The van der Waals surface area contributed by atoms with Gasteiger partial charge in [0, 0.05) is 15.3 Å². The minimum atomic E-state index is 0.492. The van der Waals surface area contributed by atoms with Gasteiger partial charge in [0.05, 0.1) is 6.04 Å². The lowest BCUT2D eigenvalue weighted by molar-refractivity contribution is 0.408. The summed E-state index contributed by atoms with van der Waals surface area (Å²) in [4.78, 5) is 5.04. The number of rotatable bonds is 3. The maximum Gasteiger partial charge on any atom is 0.196 e. The zero-order chi connectivity index (χ0) is 15.9. The highest BCUT2D eigenvalue weighted by Gasteiger charge is 2.17. The Hall–Kier alpha value is -0.780. The number of guanidine groups is 1. The zero-order valence-electron chi connectivity index (χ0n) is 13.9.